The summed E-state index contributed by atoms with van der Waals surface area (Å²) in [5.74, 6) is 0.244. The Balaban J connectivity index is 1.36. The lowest BCUT2D eigenvalue weighted by molar-refractivity contribution is -0.120. The third-order valence-corrected chi connectivity index (χ3v) is 8.06. The van der Waals surface area contributed by atoms with E-state index in [1.54, 1.807) is 12.1 Å². The number of sulfonamides is 1. The molecule has 0 radical (unpaired) electrons. The van der Waals surface area contributed by atoms with Crippen LogP contribution in [-0.4, -0.2) is 37.8 Å². The van der Waals surface area contributed by atoms with Crippen LogP contribution < -0.4 is 10.1 Å². The Hall–Kier alpha value is -2.09. The minimum Gasteiger partial charge on any atom is -0.490 e. The Morgan fingerprint density at radius 3 is 2.32 bits per heavy atom. The van der Waals surface area contributed by atoms with Gasteiger partial charge in [0.1, 0.15) is 5.75 Å². The number of rotatable bonds is 6. The minimum absolute atomic E-state index is 0.166. The minimum atomic E-state index is -3.66. The highest BCUT2D eigenvalue weighted by atomic mass is 35.5. The van der Waals surface area contributed by atoms with Gasteiger partial charge in [0.15, 0.2) is 0 Å². The van der Waals surface area contributed by atoms with E-state index in [1.807, 2.05) is 24.3 Å². The SMILES string of the molecule is O=C(Nc1ccc(OC2CCCC2)cc1)[C@H]1CCCN(S(=O)(=O)c2ccc(Cl)cc2)C1. The number of ether oxygens (including phenoxy) is 1. The Kier molecular flexibility index (Phi) is 6.84. The summed E-state index contributed by atoms with van der Waals surface area (Å²) in [7, 11) is -3.66. The van der Waals surface area contributed by atoms with Crippen LogP contribution >= 0.6 is 11.6 Å². The molecule has 1 heterocycles. The molecule has 166 valence electrons. The second-order valence-electron chi connectivity index (χ2n) is 8.19. The number of nitrogens with zero attached hydrogens (tertiary/aromatic N) is 1. The van der Waals surface area contributed by atoms with Crippen LogP contribution in [0.25, 0.3) is 0 Å². The van der Waals surface area contributed by atoms with Gasteiger partial charge in [-0.1, -0.05) is 11.6 Å². The van der Waals surface area contributed by atoms with Crippen LogP contribution in [0.3, 0.4) is 0 Å². The third kappa shape index (κ3) is 5.40. The second kappa shape index (κ2) is 9.59. The van der Waals surface area contributed by atoms with Crippen molar-refractivity contribution in [2.24, 2.45) is 5.92 Å². The third-order valence-electron chi connectivity index (χ3n) is 5.93. The van der Waals surface area contributed by atoms with Crippen LogP contribution in [0.5, 0.6) is 5.75 Å². The molecule has 2 aromatic carbocycles. The van der Waals surface area contributed by atoms with E-state index >= 15 is 0 Å². The largest absolute Gasteiger partial charge is 0.490 e. The van der Waals surface area contributed by atoms with Gasteiger partial charge in [0, 0.05) is 23.8 Å². The zero-order chi connectivity index (χ0) is 21.8. The summed E-state index contributed by atoms with van der Waals surface area (Å²) < 4.78 is 33.2. The number of halogens is 1. The van der Waals surface area contributed by atoms with Crippen molar-refractivity contribution in [3.63, 3.8) is 0 Å². The molecule has 1 amide bonds. The number of hydrogen-bond acceptors (Lipinski definition) is 4. The fourth-order valence-corrected chi connectivity index (χ4v) is 5.84. The normalized spacial score (nSPS) is 20.5. The second-order valence-corrected chi connectivity index (χ2v) is 10.6. The maximum Gasteiger partial charge on any atom is 0.243 e. The summed E-state index contributed by atoms with van der Waals surface area (Å²) in [5.41, 5.74) is 0.682. The number of hydrogen-bond donors (Lipinski definition) is 1. The molecule has 1 aliphatic carbocycles. The summed E-state index contributed by atoms with van der Waals surface area (Å²) in [5, 5.41) is 3.40. The molecule has 1 aliphatic heterocycles. The fourth-order valence-electron chi connectivity index (χ4n) is 4.19. The van der Waals surface area contributed by atoms with E-state index in [4.69, 9.17) is 16.3 Å². The summed E-state index contributed by atoms with van der Waals surface area (Å²) in [6, 6.07) is 13.5. The van der Waals surface area contributed by atoms with E-state index in [1.165, 1.54) is 29.3 Å². The van der Waals surface area contributed by atoms with Crippen molar-refractivity contribution in [2.45, 2.75) is 49.5 Å². The van der Waals surface area contributed by atoms with E-state index in [0.29, 0.717) is 30.1 Å². The maximum absolute atomic E-state index is 12.9. The highest BCUT2D eigenvalue weighted by molar-refractivity contribution is 7.89. The molecule has 8 heteroatoms. The molecule has 0 aromatic heterocycles. The fraction of sp³-hybridized carbons (Fsp3) is 0.435. The molecule has 31 heavy (non-hydrogen) atoms. The molecule has 0 spiro atoms. The van der Waals surface area contributed by atoms with Gasteiger partial charge in [-0.2, -0.15) is 4.31 Å². The van der Waals surface area contributed by atoms with Gasteiger partial charge in [0.05, 0.1) is 16.9 Å². The molecule has 2 aliphatic rings. The molecular weight excluding hydrogens is 436 g/mol. The van der Waals surface area contributed by atoms with Gasteiger partial charge in [-0.05, 0) is 87.1 Å². The first-order valence-corrected chi connectivity index (χ1v) is 12.6. The molecule has 2 aromatic rings. The number of benzene rings is 2. The Labute approximate surface area is 188 Å². The van der Waals surface area contributed by atoms with Crippen molar-refractivity contribution in [3.8, 4) is 5.75 Å². The van der Waals surface area contributed by atoms with Crippen molar-refractivity contribution in [2.75, 3.05) is 18.4 Å². The number of nitrogens with one attached hydrogen (secondary N) is 1. The Bertz CT molecular complexity index is 1000. The molecule has 1 saturated carbocycles. The molecule has 1 atom stereocenters. The summed E-state index contributed by atoms with van der Waals surface area (Å²) in [4.78, 5) is 13.0. The molecule has 4 rings (SSSR count). The Morgan fingerprint density at radius 2 is 1.65 bits per heavy atom. The van der Waals surface area contributed by atoms with E-state index in [9.17, 15) is 13.2 Å². The lowest BCUT2D eigenvalue weighted by Gasteiger charge is -2.31. The highest BCUT2D eigenvalue weighted by Crippen LogP contribution is 2.27. The van der Waals surface area contributed by atoms with Gasteiger partial charge < -0.3 is 10.1 Å². The molecule has 2 fully saturated rings. The summed E-state index contributed by atoms with van der Waals surface area (Å²) in [6.07, 6.45) is 6.19. The van der Waals surface area contributed by atoms with Crippen LogP contribution in [0.4, 0.5) is 5.69 Å². The van der Waals surface area contributed by atoms with Crippen LogP contribution in [0.2, 0.25) is 5.02 Å². The predicted octanol–water partition coefficient (Wildman–Crippen LogP) is 4.70. The summed E-state index contributed by atoms with van der Waals surface area (Å²) >= 11 is 5.87. The van der Waals surface area contributed by atoms with E-state index in [2.05, 4.69) is 5.32 Å². The molecule has 6 nitrogen and oxygen atoms in total. The number of carbonyl (C=O) groups is 1. The van der Waals surface area contributed by atoms with Crippen LogP contribution in [0.1, 0.15) is 38.5 Å². The lowest BCUT2D eigenvalue weighted by Crippen LogP contribution is -2.43. The number of anilines is 1. The maximum atomic E-state index is 12.9. The number of carbonyl (C=O) groups excluding carboxylic acids is 1. The van der Waals surface area contributed by atoms with Gasteiger partial charge >= 0.3 is 0 Å². The first kappa shape index (κ1) is 22.1. The quantitative estimate of drug-likeness (QED) is 0.675. The molecule has 1 N–H and O–H groups in total. The van der Waals surface area contributed by atoms with Crippen molar-refractivity contribution in [1.29, 1.82) is 0 Å². The predicted molar refractivity (Wildman–Crippen MR) is 121 cm³/mol. The number of piperidine rings is 1. The van der Waals surface area contributed by atoms with E-state index in [-0.39, 0.29) is 23.5 Å². The van der Waals surface area contributed by atoms with E-state index in [0.717, 1.165) is 18.6 Å². The van der Waals surface area contributed by atoms with Crippen molar-refractivity contribution in [3.05, 3.63) is 53.6 Å². The first-order chi connectivity index (χ1) is 14.9. The number of amides is 1. The van der Waals surface area contributed by atoms with Crippen LogP contribution in [0, 0.1) is 5.92 Å². The van der Waals surface area contributed by atoms with Gasteiger partial charge in [0.2, 0.25) is 15.9 Å². The Morgan fingerprint density at radius 1 is 0.968 bits per heavy atom. The van der Waals surface area contributed by atoms with Crippen LogP contribution in [0.15, 0.2) is 53.4 Å². The monoisotopic (exact) mass is 462 g/mol. The molecular formula is C23H27ClN2O4S. The highest BCUT2D eigenvalue weighted by Gasteiger charge is 2.33. The van der Waals surface area contributed by atoms with Gasteiger partial charge in [-0.15, -0.1) is 0 Å². The average Bonchev–Trinajstić information content (AvgIpc) is 3.28. The van der Waals surface area contributed by atoms with Crippen molar-refractivity contribution < 1.29 is 17.9 Å². The van der Waals surface area contributed by atoms with Gasteiger partial charge in [-0.3, -0.25) is 4.79 Å². The first-order valence-electron chi connectivity index (χ1n) is 10.7. The lowest BCUT2D eigenvalue weighted by atomic mass is 9.99. The van der Waals surface area contributed by atoms with E-state index < -0.39 is 15.9 Å². The standard InChI is InChI=1S/C23H27ClN2O4S/c24-18-7-13-22(14-8-18)31(28,29)26-15-3-4-17(16-26)23(27)25-19-9-11-21(12-10-19)30-20-5-1-2-6-20/h7-14,17,20H,1-6,15-16H2,(H,25,27)/t17-/m0/s1. The van der Waals surface area contributed by atoms with Gasteiger partial charge in [-0.25, -0.2) is 8.42 Å². The van der Waals surface area contributed by atoms with Gasteiger partial charge in [0.25, 0.3) is 0 Å². The van der Waals surface area contributed by atoms with Crippen molar-refractivity contribution >= 4 is 33.2 Å². The zero-order valence-corrected chi connectivity index (χ0v) is 18.9. The summed E-state index contributed by atoms with van der Waals surface area (Å²) in [6.45, 7) is 0.571. The van der Waals surface area contributed by atoms with Crippen molar-refractivity contribution in [1.82, 2.24) is 4.31 Å². The topological polar surface area (TPSA) is 75.7 Å². The van der Waals surface area contributed by atoms with Crippen LogP contribution in [-0.2, 0) is 14.8 Å². The zero-order valence-electron chi connectivity index (χ0n) is 17.3. The average molecular weight is 463 g/mol. The molecule has 0 bridgehead atoms. The molecule has 1 saturated heterocycles. The molecule has 0 unspecified atom stereocenters. The smallest absolute Gasteiger partial charge is 0.243 e.